The van der Waals surface area contributed by atoms with E-state index in [1.165, 1.54) is 23.3 Å². The Morgan fingerprint density at radius 1 is 1.35 bits per heavy atom. The number of hydrazone groups is 1. The highest BCUT2D eigenvalue weighted by atomic mass is 32.2. The molecular formula is C15H16N4O2S2. The lowest BCUT2D eigenvalue weighted by Crippen LogP contribution is -2.01. The molecule has 6 nitrogen and oxygen atoms in total. The second-order valence-corrected chi connectivity index (χ2v) is 5.95. The molecule has 0 atom stereocenters. The first-order valence-electron chi connectivity index (χ1n) is 6.61. The number of thioether (sulfide) groups is 1. The summed E-state index contributed by atoms with van der Waals surface area (Å²) in [6, 6.07) is 7.72. The van der Waals surface area contributed by atoms with Gasteiger partial charge in [0.25, 0.3) is 0 Å². The van der Waals surface area contributed by atoms with Gasteiger partial charge in [-0.1, -0.05) is 0 Å². The number of aromatic nitrogens is 1. The number of ether oxygens (including phenoxy) is 2. The fraction of sp³-hybridized carbons (Fsp3) is 0.267. The molecule has 0 radical (unpaired) electrons. The Bertz CT molecular complexity index is 765. The molecule has 0 aliphatic heterocycles. The van der Waals surface area contributed by atoms with Crippen LogP contribution in [0.1, 0.15) is 18.1 Å². The fourth-order valence-corrected chi connectivity index (χ4v) is 3.26. The van der Waals surface area contributed by atoms with E-state index in [4.69, 9.17) is 9.47 Å². The van der Waals surface area contributed by atoms with Gasteiger partial charge in [0.15, 0.2) is 11.5 Å². The maximum absolute atomic E-state index is 9.21. The largest absolute Gasteiger partial charge is 0.493 e. The molecule has 0 aliphatic carbocycles. The van der Waals surface area contributed by atoms with Crippen molar-refractivity contribution in [2.24, 2.45) is 5.10 Å². The van der Waals surface area contributed by atoms with Crippen LogP contribution in [-0.2, 0) is 0 Å². The predicted molar refractivity (Wildman–Crippen MR) is 94.0 cm³/mol. The monoisotopic (exact) mass is 348 g/mol. The van der Waals surface area contributed by atoms with Gasteiger partial charge in [-0.3, -0.25) is 5.43 Å². The zero-order valence-corrected chi connectivity index (χ0v) is 14.8. The Morgan fingerprint density at radius 3 is 2.70 bits per heavy atom. The van der Waals surface area contributed by atoms with Crippen molar-refractivity contribution in [2.45, 2.75) is 11.9 Å². The van der Waals surface area contributed by atoms with Crippen LogP contribution in [0.5, 0.6) is 11.5 Å². The van der Waals surface area contributed by atoms with Gasteiger partial charge in [-0.15, -0.1) is 11.8 Å². The Kier molecular flexibility index (Phi) is 5.84. The van der Waals surface area contributed by atoms with Crippen LogP contribution in [0.2, 0.25) is 0 Å². The van der Waals surface area contributed by atoms with Gasteiger partial charge in [0.2, 0.25) is 0 Å². The van der Waals surface area contributed by atoms with Crippen molar-refractivity contribution in [1.82, 2.24) is 4.37 Å². The van der Waals surface area contributed by atoms with E-state index in [0.29, 0.717) is 27.1 Å². The normalized spacial score (nSPS) is 11.0. The molecule has 120 valence electrons. The second-order valence-electron chi connectivity index (χ2n) is 4.39. The third-order valence-corrected chi connectivity index (χ3v) is 4.64. The molecule has 23 heavy (non-hydrogen) atoms. The third kappa shape index (κ3) is 3.75. The zero-order valence-electron chi connectivity index (χ0n) is 13.2. The van der Waals surface area contributed by atoms with E-state index >= 15 is 0 Å². The lowest BCUT2D eigenvalue weighted by Gasteiger charge is -2.09. The summed E-state index contributed by atoms with van der Waals surface area (Å²) >= 11 is 2.66. The van der Waals surface area contributed by atoms with Gasteiger partial charge in [0.05, 0.1) is 19.9 Å². The summed E-state index contributed by atoms with van der Waals surface area (Å²) in [5.41, 5.74) is 5.09. The lowest BCUT2D eigenvalue weighted by molar-refractivity contribution is 0.355. The molecule has 0 fully saturated rings. The summed E-state index contributed by atoms with van der Waals surface area (Å²) in [6.07, 6.45) is 1.89. The zero-order chi connectivity index (χ0) is 16.8. The molecule has 0 saturated heterocycles. The first-order chi connectivity index (χ1) is 11.1. The molecule has 0 aliphatic rings. The van der Waals surface area contributed by atoms with Crippen LogP contribution in [0.4, 0.5) is 5.00 Å². The first kappa shape index (κ1) is 17.1. The van der Waals surface area contributed by atoms with Crippen LogP contribution in [0, 0.1) is 11.3 Å². The average Bonchev–Trinajstić information content (AvgIpc) is 3.00. The van der Waals surface area contributed by atoms with Gasteiger partial charge >= 0.3 is 0 Å². The highest BCUT2D eigenvalue weighted by molar-refractivity contribution is 7.98. The number of rotatable bonds is 6. The molecule has 0 bridgehead atoms. The second kappa shape index (κ2) is 7.85. The molecule has 0 unspecified atom stereocenters. The topological polar surface area (TPSA) is 79.5 Å². The van der Waals surface area contributed by atoms with Crippen LogP contribution in [0.25, 0.3) is 0 Å². The van der Waals surface area contributed by atoms with Crippen LogP contribution in [0.15, 0.2) is 28.3 Å². The van der Waals surface area contributed by atoms with Gasteiger partial charge in [-0.05, 0) is 42.9 Å². The van der Waals surface area contributed by atoms with Gasteiger partial charge in [0.1, 0.15) is 21.7 Å². The molecule has 2 rings (SSSR count). The van der Waals surface area contributed by atoms with Crippen molar-refractivity contribution >= 4 is 34.0 Å². The number of anilines is 1. The molecule has 0 spiro atoms. The first-order valence-corrected chi connectivity index (χ1v) is 8.60. The highest BCUT2D eigenvalue weighted by Gasteiger charge is 2.12. The van der Waals surface area contributed by atoms with Crippen LogP contribution < -0.4 is 14.9 Å². The lowest BCUT2D eigenvalue weighted by atomic mass is 10.1. The van der Waals surface area contributed by atoms with E-state index < -0.39 is 0 Å². The Hall–Kier alpha value is -2.24. The fourth-order valence-electron chi connectivity index (χ4n) is 1.85. The van der Waals surface area contributed by atoms with Gasteiger partial charge in [-0.2, -0.15) is 14.7 Å². The van der Waals surface area contributed by atoms with Crippen LogP contribution in [-0.4, -0.2) is 30.6 Å². The molecule has 1 heterocycles. The highest BCUT2D eigenvalue weighted by Crippen LogP contribution is 2.30. The van der Waals surface area contributed by atoms with E-state index in [0.717, 1.165) is 11.3 Å². The van der Waals surface area contributed by atoms with E-state index in [1.54, 1.807) is 14.2 Å². The molecule has 1 aromatic heterocycles. The minimum absolute atomic E-state index is 0.520. The minimum Gasteiger partial charge on any atom is -0.493 e. The third-order valence-electron chi connectivity index (χ3n) is 3.09. The summed E-state index contributed by atoms with van der Waals surface area (Å²) in [5.74, 6) is 1.30. The molecular weight excluding hydrogens is 332 g/mol. The molecule has 0 amide bonds. The summed E-state index contributed by atoms with van der Waals surface area (Å²) in [7, 11) is 3.18. The number of hydrogen-bond acceptors (Lipinski definition) is 8. The average molecular weight is 348 g/mol. The van der Waals surface area contributed by atoms with E-state index in [1.807, 2.05) is 31.4 Å². The Balaban J connectivity index is 2.24. The van der Waals surface area contributed by atoms with Crippen molar-refractivity contribution in [3.05, 3.63) is 29.3 Å². The van der Waals surface area contributed by atoms with E-state index in [-0.39, 0.29) is 0 Å². The molecule has 8 heteroatoms. The number of nitrogens with one attached hydrogen (secondary N) is 1. The number of hydrogen-bond donors (Lipinski definition) is 1. The van der Waals surface area contributed by atoms with Crippen molar-refractivity contribution in [3.63, 3.8) is 0 Å². The molecule has 2 aromatic rings. The summed E-state index contributed by atoms with van der Waals surface area (Å²) in [6.45, 7) is 1.87. The van der Waals surface area contributed by atoms with Crippen molar-refractivity contribution in [2.75, 3.05) is 25.9 Å². The van der Waals surface area contributed by atoms with Gasteiger partial charge in [-0.25, -0.2) is 0 Å². The van der Waals surface area contributed by atoms with Crippen molar-refractivity contribution in [1.29, 1.82) is 5.26 Å². The standard InChI is InChI=1S/C15H16N4O2S2/c1-9(10-5-6-12(20-2)13(7-10)21-3)17-18-14-11(8-16)15(22-4)19-23-14/h5-7,18H,1-4H3/b17-9+. The number of benzene rings is 1. The number of nitriles is 1. The predicted octanol–water partition coefficient (Wildman–Crippen LogP) is 3.59. The Labute approximate surface area is 143 Å². The molecule has 1 N–H and O–H groups in total. The van der Waals surface area contributed by atoms with Gasteiger partial charge in [0, 0.05) is 5.56 Å². The van der Waals surface area contributed by atoms with Crippen LogP contribution in [0.3, 0.4) is 0 Å². The molecule has 0 saturated carbocycles. The Morgan fingerprint density at radius 2 is 2.09 bits per heavy atom. The van der Waals surface area contributed by atoms with Crippen molar-refractivity contribution < 1.29 is 9.47 Å². The van der Waals surface area contributed by atoms with Gasteiger partial charge < -0.3 is 9.47 Å². The number of methoxy groups -OCH3 is 2. The summed E-state index contributed by atoms with van der Waals surface area (Å²) < 4.78 is 14.7. The van der Waals surface area contributed by atoms with E-state index in [9.17, 15) is 5.26 Å². The summed E-state index contributed by atoms with van der Waals surface area (Å²) in [4.78, 5) is 0. The maximum Gasteiger partial charge on any atom is 0.161 e. The number of nitrogens with zero attached hydrogens (tertiary/aromatic N) is 3. The van der Waals surface area contributed by atoms with Crippen LogP contribution >= 0.6 is 23.3 Å². The minimum atomic E-state index is 0.520. The quantitative estimate of drug-likeness (QED) is 0.488. The smallest absolute Gasteiger partial charge is 0.161 e. The maximum atomic E-state index is 9.21. The summed E-state index contributed by atoms with van der Waals surface area (Å²) in [5, 5.41) is 14.9. The SMILES string of the molecule is COc1ccc(/C(C)=N/Nc2snc(SC)c2C#N)cc1OC. The van der Waals surface area contributed by atoms with Crippen molar-refractivity contribution in [3.8, 4) is 17.6 Å². The molecule has 1 aromatic carbocycles. The van der Waals surface area contributed by atoms with E-state index in [2.05, 4.69) is 21.0 Å².